The Morgan fingerprint density at radius 2 is 1.90 bits per heavy atom. The molecule has 0 aliphatic rings. The maximum Gasteiger partial charge on any atom is 0.236 e. The average molecular weight is 413 g/mol. The lowest BCUT2D eigenvalue weighted by molar-refractivity contribution is 0.264. The van der Waals surface area contributed by atoms with E-state index in [1.54, 1.807) is 6.92 Å². The van der Waals surface area contributed by atoms with Crippen molar-refractivity contribution < 1.29 is 14.9 Å². The lowest BCUT2D eigenvalue weighted by Crippen LogP contribution is -2.35. The van der Waals surface area contributed by atoms with Gasteiger partial charge in [0.1, 0.15) is 27.9 Å². The van der Waals surface area contributed by atoms with Gasteiger partial charge in [0.05, 0.1) is 6.61 Å². The Kier molecular flexibility index (Phi) is 6.36. The first-order valence-electron chi connectivity index (χ1n) is 9.15. The fourth-order valence-electron chi connectivity index (χ4n) is 2.72. The summed E-state index contributed by atoms with van der Waals surface area (Å²) in [6, 6.07) is 13.2. The number of para-hydroxylation sites is 1. The van der Waals surface area contributed by atoms with Crippen molar-refractivity contribution in [2.24, 2.45) is 0 Å². The molecule has 1 atom stereocenters. The number of anilines is 2. The van der Waals surface area contributed by atoms with Crippen LogP contribution < -0.4 is 15.4 Å². The lowest BCUT2D eigenvalue weighted by Gasteiger charge is -2.15. The number of nitrogens with one attached hydrogen (secondary N) is 3. The Hall–Kier alpha value is -3.10. The molecule has 0 spiro atoms. The fourth-order valence-corrected chi connectivity index (χ4v) is 3.44. The van der Waals surface area contributed by atoms with Crippen LogP contribution in [0.25, 0.3) is 0 Å². The maximum absolute atomic E-state index is 10.1. The van der Waals surface area contributed by atoms with Gasteiger partial charge < -0.3 is 25.6 Å². The second-order valence-corrected chi connectivity index (χ2v) is 7.56. The van der Waals surface area contributed by atoms with Gasteiger partial charge in [0.25, 0.3) is 0 Å². The summed E-state index contributed by atoms with van der Waals surface area (Å²) in [6.45, 7) is 5.58. The number of nitrogens with zero attached hydrogens (tertiary/aromatic N) is 1. The van der Waals surface area contributed by atoms with E-state index in [1.165, 1.54) is 0 Å². The molecule has 7 nitrogen and oxygen atoms in total. The molecule has 152 valence electrons. The van der Waals surface area contributed by atoms with Crippen LogP contribution in [0.1, 0.15) is 23.6 Å². The molecule has 29 heavy (non-hydrogen) atoms. The Balaban J connectivity index is 1.79. The summed E-state index contributed by atoms with van der Waals surface area (Å²) in [5, 5.41) is 34.0. The van der Waals surface area contributed by atoms with Crippen LogP contribution in [0, 0.1) is 19.3 Å². The molecule has 5 N–H and O–H groups in total. The van der Waals surface area contributed by atoms with Crippen LogP contribution in [0.15, 0.2) is 42.5 Å². The number of aliphatic hydroxyl groups excluding tert-OH is 1. The van der Waals surface area contributed by atoms with Crippen molar-refractivity contribution in [3.05, 3.63) is 59.2 Å². The van der Waals surface area contributed by atoms with E-state index < -0.39 is 0 Å². The van der Waals surface area contributed by atoms with Crippen LogP contribution >= 0.6 is 11.5 Å². The highest BCUT2D eigenvalue weighted by Gasteiger charge is 2.19. The molecule has 0 aliphatic heterocycles. The summed E-state index contributed by atoms with van der Waals surface area (Å²) in [7, 11) is 0. The first-order chi connectivity index (χ1) is 13.9. The molecule has 1 heterocycles. The summed E-state index contributed by atoms with van der Waals surface area (Å²) >= 11 is 1.06. The van der Waals surface area contributed by atoms with E-state index in [9.17, 15) is 10.2 Å². The van der Waals surface area contributed by atoms with E-state index in [0.29, 0.717) is 5.00 Å². The highest BCUT2D eigenvalue weighted by atomic mass is 32.1. The van der Waals surface area contributed by atoms with Gasteiger partial charge in [0.2, 0.25) is 5.88 Å². The van der Waals surface area contributed by atoms with Gasteiger partial charge in [0.15, 0.2) is 0 Å². The van der Waals surface area contributed by atoms with Gasteiger partial charge in [-0.25, -0.2) is 0 Å². The van der Waals surface area contributed by atoms with Gasteiger partial charge in [-0.05, 0) is 67.7 Å². The minimum Gasteiger partial charge on any atom is -0.492 e. The van der Waals surface area contributed by atoms with Gasteiger partial charge in [-0.2, -0.15) is 4.37 Å². The van der Waals surface area contributed by atoms with Crippen molar-refractivity contribution in [1.82, 2.24) is 9.69 Å². The van der Waals surface area contributed by atoms with E-state index in [0.717, 1.165) is 39.8 Å². The van der Waals surface area contributed by atoms with Crippen LogP contribution in [-0.4, -0.2) is 33.1 Å². The quantitative estimate of drug-likeness (QED) is 0.292. The summed E-state index contributed by atoms with van der Waals surface area (Å²) in [4.78, 5) is 0. The van der Waals surface area contributed by atoms with Crippen molar-refractivity contribution in [2.45, 2.75) is 26.8 Å². The highest BCUT2D eigenvalue weighted by Crippen LogP contribution is 2.34. The van der Waals surface area contributed by atoms with Gasteiger partial charge in [0, 0.05) is 11.7 Å². The van der Waals surface area contributed by atoms with E-state index in [-0.39, 0.29) is 29.9 Å². The van der Waals surface area contributed by atoms with Crippen LogP contribution in [-0.2, 0) is 0 Å². The van der Waals surface area contributed by atoms with Gasteiger partial charge in [-0.3, -0.25) is 5.41 Å². The number of aromatic nitrogens is 1. The number of aromatic hydroxyl groups is 1. The zero-order chi connectivity index (χ0) is 21.0. The number of benzene rings is 2. The molecule has 3 rings (SSSR count). The first kappa shape index (κ1) is 20.6. The number of hydrogen-bond donors (Lipinski definition) is 5. The van der Waals surface area contributed by atoms with Crippen LogP contribution in [0.5, 0.6) is 17.4 Å². The molecule has 0 aliphatic carbocycles. The molecule has 8 heteroatoms. The van der Waals surface area contributed by atoms with Gasteiger partial charge >= 0.3 is 0 Å². The smallest absolute Gasteiger partial charge is 0.236 e. The molecule has 0 fully saturated rings. The Morgan fingerprint density at radius 1 is 1.17 bits per heavy atom. The SMILES string of the molecule is Cc1ccccc1Oc1ccc(Nc2snc(O)c2C(=N)NC(C)CO)cc1C. The molecule has 0 radical (unpaired) electrons. The molecule has 0 saturated heterocycles. The van der Waals surface area contributed by atoms with E-state index >= 15 is 0 Å². The van der Waals surface area contributed by atoms with Gasteiger partial charge in [-0.15, -0.1) is 0 Å². The molecule has 0 saturated carbocycles. The van der Waals surface area contributed by atoms with E-state index in [2.05, 4.69) is 15.0 Å². The molecular formula is C21H24N4O3S. The monoisotopic (exact) mass is 412 g/mol. The van der Waals surface area contributed by atoms with Crippen molar-refractivity contribution >= 4 is 28.1 Å². The Labute approximate surface area is 173 Å². The van der Waals surface area contributed by atoms with Crippen molar-refractivity contribution in [2.75, 3.05) is 11.9 Å². The normalized spacial score (nSPS) is 11.7. The maximum atomic E-state index is 10.1. The number of aliphatic hydroxyl groups is 1. The van der Waals surface area contributed by atoms with Crippen LogP contribution in [0.4, 0.5) is 10.7 Å². The largest absolute Gasteiger partial charge is 0.492 e. The summed E-state index contributed by atoms with van der Waals surface area (Å²) in [6.07, 6.45) is 0. The third-order valence-corrected chi connectivity index (χ3v) is 5.09. The second-order valence-electron chi connectivity index (χ2n) is 6.79. The topological polar surface area (TPSA) is 110 Å². The lowest BCUT2D eigenvalue weighted by atomic mass is 10.2. The zero-order valence-electron chi connectivity index (χ0n) is 16.5. The molecule has 1 unspecified atom stereocenters. The minimum absolute atomic E-state index is 0.00321. The summed E-state index contributed by atoms with van der Waals surface area (Å²) < 4.78 is 9.96. The number of amidine groups is 1. The van der Waals surface area contributed by atoms with Crippen molar-refractivity contribution in [3.8, 4) is 17.4 Å². The minimum atomic E-state index is -0.310. The molecule has 0 amide bonds. The fraction of sp³-hybridized carbons (Fsp3) is 0.238. The van der Waals surface area contributed by atoms with E-state index in [1.807, 2.05) is 56.3 Å². The molecule has 1 aromatic heterocycles. The Morgan fingerprint density at radius 3 is 2.59 bits per heavy atom. The molecule has 0 bridgehead atoms. The highest BCUT2D eigenvalue weighted by molar-refractivity contribution is 7.11. The van der Waals surface area contributed by atoms with Crippen LogP contribution in [0.3, 0.4) is 0 Å². The predicted molar refractivity (Wildman–Crippen MR) is 116 cm³/mol. The standard InChI is InChI=1S/C21H24N4O3S/c1-12-6-4-5-7-16(12)28-17-9-8-15(10-13(17)2)24-21-18(20(27)25-29-21)19(22)23-14(3)11-26/h4-10,14,24,26H,11H2,1-3H3,(H2,22,23)(H,25,27). The number of aryl methyl sites for hydroxylation is 2. The number of ether oxygens (including phenoxy) is 1. The Bertz CT molecular complexity index is 1020. The number of hydrogen-bond acceptors (Lipinski definition) is 7. The average Bonchev–Trinajstić information content (AvgIpc) is 3.05. The van der Waals surface area contributed by atoms with Gasteiger partial charge in [-0.1, -0.05) is 18.2 Å². The second kappa shape index (κ2) is 8.93. The third kappa shape index (κ3) is 4.85. The summed E-state index contributed by atoms with van der Waals surface area (Å²) in [5.41, 5.74) is 3.05. The van der Waals surface area contributed by atoms with E-state index in [4.69, 9.17) is 10.1 Å². The predicted octanol–water partition coefficient (Wildman–Crippen LogP) is 4.30. The summed E-state index contributed by atoms with van der Waals surface area (Å²) in [5.74, 6) is 1.33. The van der Waals surface area contributed by atoms with Crippen molar-refractivity contribution in [3.63, 3.8) is 0 Å². The molecular weight excluding hydrogens is 388 g/mol. The third-order valence-electron chi connectivity index (χ3n) is 4.33. The molecule has 2 aromatic carbocycles. The zero-order valence-corrected chi connectivity index (χ0v) is 17.3. The van der Waals surface area contributed by atoms with Crippen molar-refractivity contribution in [1.29, 1.82) is 5.41 Å². The number of rotatable bonds is 7. The first-order valence-corrected chi connectivity index (χ1v) is 9.92. The van der Waals surface area contributed by atoms with Crippen LogP contribution in [0.2, 0.25) is 0 Å². The molecule has 3 aromatic rings.